The van der Waals surface area contributed by atoms with Crippen LogP contribution < -0.4 is 15.6 Å². The molecule has 0 fully saturated rings. The molecule has 0 bridgehead atoms. The Kier molecular flexibility index (Phi) is 5.29. The molecule has 1 aromatic carbocycles. The summed E-state index contributed by atoms with van der Waals surface area (Å²) in [4.78, 5) is 23.2. The van der Waals surface area contributed by atoms with E-state index in [9.17, 15) is 14.7 Å². The highest BCUT2D eigenvalue weighted by atomic mass is 16.5. The molecule has 1 aromatic rings. The van der Waals surface area contributed by atoms with Crippen LogP contribution in [0.3, 0.4) is 0 Å². The summed E-state index contributed by atoms with van der Waals surface area (Å²) in [5, 5.41) is 17.2. The number of hydrazone groups is 2. The normalized spacial score (nSPS) is 17.0. The van der Waals surface area contributed by atoms with Gasteiger partial charge in [0.25, 0.3) is 0 Å². The highest BCUT2D eigenvalue weighted by Crippen LogP contribution is 2.26. The number of rotatable bonds is 6. The fourth-order valence-electron chi connectivity index (χ4n) is 2.02. The van der Waals surface area contributed by atoms with Gasteiger partial charge in [-0.2, -0.15) is 10.2 Å². The minimum atomic E-state index is -0.552. The zero-order chi connectivity index (χ0) is 16.8. The van der Waals surface area contributed by atoms with Crippen molar-refractivity contribution in [1.82, 2.24) is 10.9 Å². The van der Waals surface area contributed by atoms with Crippen LogP contribution in [0.5, 0.6) is 11.5 Å². The second kappa shape index (κ2) is 7.39. The van der Waals surface area contributed by atoms with E-state index in [4.69, 9.17) is 4.74 Å². The highest BCUT2D eigenvalue weighted by molar-refractivity contribution is 6.09. The van der Waals surface area contributed by atoms with Gasteiger partial charge in [-0.05, 0) is 37.6 Å². The van der Waals surface area contributed by atoms with Gasteiger partial charge < -0.3 is 9.84 Å². The van der Waals surface area contributed by atoms with Gasteiger partial charge in [-0.15, -0.1) is 0 Å². The van der Waals surface area contributed by atoms with Gasteiger partial charge in [0, 0.05) is 12.1 Å². The molecule has 1 heterocycles. The van der Waals surface area contributed by atoms with Crippen LogP contribution in [0.2, 0.25) is 0 Å². The summed E-state index contributed by atoms with van der Waals surface area (Å²) in [5.41, 5.74) is 5.91. The number of ether oxygens (including phenoxy) is 1. The number of phenols is 1. The van der Waals surface area contributed by atoms with Crippen molar-refractivity contribution < 1.29 is 19.4 Å². The number of amides is 2. The SMILES string of the molecule is CCOc1cc(/C=N\NC(=O)C[C@@H]2C(=O)NN=C2C)ccc1O. The summed E-state index contributed by atoms with van der Waals surface area (Å²) in [6, 6.07) is 4.72. The number of aromatic hydroxyl groups is 1. The van der Waals surface area contributed by atoms with E-state index < -0.39 is 5.92 Å². The molecule has 0 aliphatic carbocycles. The molecule has 23 heavy (non-hydrogen) atoms. The Hall–Kier alpha value is -2.90. The van der Waals surface area contributed by atoms with Crippen molar-refractivity contribution in [2.24, 2.45) is 16.1 Å². The molecule has 8 heteroatoms. The molecule has 3 N–H and O–H groups in total. The molecular formula is C15H18N4O4. The van der Waals surface area contributed by atoms with E-state index in [0.717, 1.165) is 0 Å². The van der Waals surface area contributed by atoms with Gasteiger partial charge in [0.2, 0.25) is 11.8 Å². The van der Waals surface area contributed by atoms with Crippen LogP contribution in [0.4, 0.5) is 0 Å². The number of carbonyl (C=O) groups excluding carboxylic acids is 2. The maximum Gasteiger partial charge on any atom is 0.249 e. The van der Waals surface area contributed by atoms with E-state index in [1.165, 1.54) is 12.3 Å². The Morgan fingerprint density at radius 3 is 3.00 bits per heavy atom. The molecule has 0 radical (unpaired) electrons. The lowest BCUT2D eigenvalue weighted by molar-refractivity contribution is -0.127. The first kappa shape index (κ1) is 16.5. The molecule has 0 saturated carbocycles. The van der Waals surface area contributed by atoms with E-state index in [-0.39, 0.29) is 24.0 Å². The minimum Gasteiger partial charge on any atom is -0.504 e. The van der Waals surface area contributed by atoms with Crippen LogP contribution in [0.1, 0.15) is 25.8 Å². The van der Waals surface area contributed by atoms with Crippen molar-refractivity contribution in [2.75, 3.05) is 6.61 Å². The fraction of sp³-hybridized carbons (Fsp3) is 0.333. The Morgan fingerprint density at radius 2 is 2.35 bits per heavy atom. The number of nitrogens with one attached hydrogen (secondary N) is 2. The molecule has 122 valence electrons. The second-order valence-electron chi connectivity index (χ2n) is 4.94. The van der Waals surface area contributed by atoms with E-state index in [2.05, 4.69) is 21.1 Å². The molecule has 1 aliphatic rings. The molecule has 8 nitrogen and oxygen atoms in total. The van der Waals surface area contributed by atoms with E-state index in [0.29, 0.717) is 23.6 Å². The molecule has 0 unspecified atom stereocenters. The maximum absolute atomic E-state index is 11.8. The van der Waals surface area contributed by atoms with E-state index >= 15 is 0 Å². The lowest BCUT2D eigenvalue weighted by Gasteiger charge is -2.07. The van der Waals surface area contributed by atoms with Crippen LogP contribution in [0.25, 0.3) is 0 Å². The van der Waals surface area contributed by atoms with Gasteiger partial charge in [0.1, 0.15) is 0 Å². The van der Waals surface area contributed by atoms with Gasteiger partial charge in [-0.1, -0.05) is 0 Å². The predicted molar refractivity (Wildman–Crippen MR) is 84.4 cm³/mol. The third kappa shape index (κ3) is 4.29. The molecule has 2 rings (SSSR count). The summed E-state index contributed by atoms with van der Waals surface area (Å²) in [7, 11) is 0. The van der Waals surface area contributed by atoms with E-state index in [1.54, 1.807) is 19.1 Å². The van der Waals surface area contributed by atoms with Gasteiger partial charge in [-0.25, -0.2) is 10.9 Å². The number of nitrogens with zero attached hydrogens (tertiary/aromatic N) is 2. The first-order valence-corrected chi connectivity index (χ1v) is 7.13. The zero-order valence-electron chi connectivity index (χ0n) is 12.9. The molecule has 0 spiro atoms. The summed E-state index contributed by atoms with van der Waals surface area (Å²) in [6.45, 7) is 3.92. The minimum absolute atomic E-state index is 0.0156. The Morgan fingerprint density at radius 1 is 1.57 bits per heavy atom. The summed E-state index contributed by atoms with van der Waals surface area (Å²) in [6.07, 6.45) is 1.41. The maximum atomic E-state index is 11.8. The Bertz CT molecular complexity index is 669. The predicted octanol–water partition coefficient (Wildman–Crippen LogP) is 0.753. The van der Waals surface area contributed by atoms with Crippen molar-refractivity contribution >= 4 is 23.7 Å². The number of phenolic OH excluding ortho intramolecular Hbond substituents is 1. The van der Waals surface area contributed by atoms with Gasteiger partial charge in [0.15, 0.2) is 11.5 Å². The molecule has 1 aliphatic heterocycles. The average Bonchev–Trinajstić information content (AvgIpc) is 2.82. The number of carbonyl (C=O) groups is 2. The van der Waals surface area contributed by atoms with Crippen molar-refractivity contribution in [3.8, 4) is 11.5 Å². The largest absolute Gasteiger partial charge is 0.504 e. The first-order valence-electron chi connectivity index (χ1n) is 7.13. The lowest BCUT2D eigenvalue weighted by Crippen LogP contribution is -2.29. The van der Waals surface area contributed by atoms with Crippen molar-refractivity contribution in [3.63, 3.8) is 0 Å². The lowest BCUT2D eigenvalue weighted by atomic mass is 10.0. The topological polar surface area (TPSA) is 112 Å². The van der Waals surface area contributed by atoms with Crippen LogP contribution >= 0.6 is 0 Å². The molecular weight excluding hydrogens is 300 g/mol. The second-order valence-corrected chi connectivity index (χ2v) is 4.94. The van der Waals surface area contributed by atoms with E-state index in [1.807, 2.05) is 6.92 Å². The summed E-state index contributed by atoms with van der Waals surface area (Å²) < 4.78 is 5.26. The molecule has 0 aromatic heterocycles. The third-order valence-electron chi connectivity index (χ3n) is 3.24. The van der Waals surface area contributed by atoms with Crippen LogP contribution in [-0.2, 0) is 9.59 Å². The zero-order valence-corrected chi connectivity index (χ0v) is 12.9. The quantitative estimate of drug-likeness (QED) is 0.531. The van der Waals surface area contributed by atoms with Crippen molar-refractivity contribution in [2.45, 2.75) is 20.3 Å². The number of benzene rings is 1. The van der Waals surface area contributed by atoms with Crippen LogP contribution in [-0.4, -0.2) is 35.5 Å². The van der Waals surface area contributed by atoms with Crippen LogP contribution in [0, 0.1) is 5.92 Å². The third-order valence-corrected chi connectivity index (χ3v) is 3.24. The first-order chi connectivity index (χ1) is 11.0. The molecule has 1 atom stereocenters. The fourth-order valence-corrected chi connectivity index (χ4v) is 2.02. The Labute approximate surface area is 133 Å². The highest BCUT2D eigenvalue weighted by Gasteiger charge is 2.28. The summed E-state index contributed by atoms with van der Waals surface area (Å²) in [5.74, 6) is -0.848. The standard InChI is InChI=1S/C15H18N4O4/c1-3-23-13-6-10(4-5-12(13)20)8-16-18-14(21)7-11-9(2)17-19-15(11)22/h4-6,8,11,20H,3,7H2,1-2H3,(H,18,21)(H,19,22)/b16-8-/t11-/m0/s1. The van der Waals surface area contributed by atoms with Gasteiger partial charge >= 0.3 is 0 Å². The molecule has 2 amide bonds. The van der Waals surface area contributed by atoms with Crippen molar-refractivity contribution in [1.29, 1.82) is 0 Å². The van der Waals surface area contributed by atoms with Crippen molar-refractivity contribution in [3.05, 3.63) is 23.8 Å². The number of hydrogen-bond acceptors (Lipinski definition) is 6. The average molecular weight is 318 g/mol. The van der Waals surface area contributed by atoms with Gasteiger partial charge in [-0.3, -0.25) is 9.59 Å². The van der Waals surface area contributed by atoms with Gasteiger partial charge in [0.05, 0.1) is 18.7 Å². The number of hydrogen-bond donors (Lipinski definition) is 3. The monoisotopic (exact) mass is 318 g/mol. The molecule has 0 saturated heterocycles. The Balaban J connectivity index is 1.91. The van der Waals surface area contributed by atoms with Crippen LogP contribution in [0.15, 0.2) is 28.4 Å². The summed E-state index contributed by atoms with van der Waals surface area (Å²) >= 11 is 0. The smallest absolute Gasteiger partial charge is 0.249 e.